The van der Waals surface area contributed by atoms with Crippen molar-refractivity contribution in [3.05, 3.63) is 75.6 Å². The molecule has 1 aromatic heterocycles. The van der Waals surface area contributed by atoms with Crippen molar-refractivity contribution in [2.75, 3.05) is 29.4 Å². The van der Waals surface area contributed by atoms with Gasteiger partial charge in [0.25, 0.3) is 11.8 Å². The number of rotatable bonds is 3. The molecule has 3 aromatic rings. The molecule has 164 valence electrons. The van der Waals surface area contributed by atoms with Crippen LogP contribution < -0.4 is 26.2 Å². The standard InChI is InChI=1S/C23H23ClN6O2/c1-12-9-15(10-17-19(12)26-27-29(17)4)30-20(13-5-7-14(24)8-6-13)21-18(23(30)32)16(11-28(21)3)22(31)25-2/h5-11,20,26-27H,1-4H3,(H,25,31). The normalized spacial score (nSPS) is 16.8. The molecule has 8 nitrogen and oxygen atoms in total. The number of anilines is 3. The molecule has 2 aliphatic rings. The Labute approximate surface area is 190 Å². The maximum absolute atomic E-state index is 13.9. The van der Waals surface area contributed by atoms with Crippen LogP contribution in [0.3, 0.4) is 0 Å². The summed E-state index contributed by atoms with van der Waals surface area (Å²) in [7, 11) is 5.33. The second kappa shape index (κ2) is 7.29. The second-order valence-corrected chi connectivity index (χ2v) is 8.51. The predicted molar refractivity (Wildman–Crippen MR) is 125 cm³/mol. The van der Waals surface area contributed by atoms with Crippen LogP contribution in [0.4, 0.5) is 17.1 Å². The van der Waals surface area contributed by atoms with E-state index < -0.39 is 6.04 Å². The van der Waals surface area contributed by atoms with E-state index in [4.69, 9.17) is 11.6 Å². The van der Waals surface area contributed by atoms with E-state index in [1.807, 2.05) is 67.0 Å². The van der Waals surface area contributed by atoms with E-state index in [-0.39, 0.29) is 11.8 Å². The maximum atomic E-state index is 13.9. The number of aryl methyl sites for hydroxylation is 2. The van der Waals surface area contributed by atoms with Gasteiger partial charge in [-0.2, -0.15) is 0 Å². The fourth-order valence-electron chi connectivity index (χ4n) is 4.60. The summed E-state index contributed by atoms with van der Waals surface area (Å²) in [5.74, 6) is -0.495. The van der Waals surface area contributed by atoms with Crippen molar-refractivity contribution >= 4 is 40.5 Å². The first kappa shape index (κ1) is 20.4. The maximum Gasteiger partial charge on any atom is 0.261 e. The van der Waals surface area contributed by atoms with Crippen molar-refractivity contribution in [2.45, 2.75) is 13.0 Å². The molecule has 0 saturated heterocycles. The molecule has 1 atom stereocenters. The molecule has 0 bridgehead atoms. The molecule has 9 heteroatoms. The summed E-state index contributed by atoms with van der Waals surface area (Å²) in [6, 6.07) is 11.0. The number of hydrogen-bond acceptors (Lipinski definition) is 5. The largest absolute Gasteiger partial charge is 0.355 e. The number of nitrogens with zero attached hydrogens (tertiary/aromatic N) is 3. The molecule has 32 heavy (non-hydrogen) atoms. The second-order valence-electron chi connectivity index (χ2n) is 8.07. The minimum atomic E-state index is -0.400. The number of carbonyl (C=O) groups excluding carboxylic acids is 2. The Morgan fingerprint density at radius 1 is 1.16 bits per heavy atom. The molecule has 0 aliphatic carbocycles. The Bertz CT molecular complexity index is 1270. The Hall–Kier alpha value is -3.49. The van der Waals surface area contributed by atoms with Gasteiger partial charge in [0.1, 0.15) is 6.04 Å². The number of nitrogens with one attached hydrogen (secondary N) is 3. The van der Waals surface area contributed by atoms with Crippen LogP contribution >= 0.6 is 11.6 Å². The van der Waals surface area contributed by atoms with Gasteiger partial charge in [-0.25, -0.2) is 0 Å². The topological polar surface area (TPSA) is 81.6 Å². The molecule has 2 aliphatic heterocycles. The summed E-state index contributed by atoms with van der Waals surface area (Å²) in [4.78, 5) is 28.2. The van der Waals surface area contributed by atoms with Gasteiger partial charge in [-0.05, 0) is 42.3 Å². The summed E-state index contributed by atoms with van der Waals surface area (Å²) in [5.41, 5.74) is 12.4. The van der Waals surface area contributed by atoms with Crippen LogP contribution in [-0.4, -0.2) is 30.5 Å². The van der Waals surface area contributed by atoms with Gasteiger partial charge in [0.2, 0.25) is 0 Å². The van der Waals surface area contributed by atoms with Crippen molar-refractivity contribution < 1.29 is 9.59 Å². The predicted octanol–water partition coefficient (Wildman–Crippen LogP) is 3.38. The lowest BCUT2D eigenvalue weighted by molar-refractivity contribution is 0.0943. The zero-order valence-electron chi connectivity index (χ0n) is 18.2. The highest BCUT2D eigenvalue weighted by Crippen LogP contribution is 2.46. The first-order chi connectivity index (χ1) is 15.3. The van der Waals surface area contributed by atoms with Crippen LogP contribution in [-0.2, 0) is 7.05 Å². The van der Waals surface area contributed by atoms with Crippen LogP contribution in [0.2, 0.25) is 5.02 Å². The Balaban J connectivity index is 1.74. The summed E-state index contributed by atoms with van der Waals surface area (Å²) >= 11 is 6.14. The lowest BCUT2D eigenvalue weighted by Gasteiger charge is -2.28. The van der Waals surface area contributed by atoms with Gasteiger partial charge in [0.15, 0.2) is 0 Å². The number of aromatic nitrogens is 1. The molecule has 3 heterocycles. The smallest absolute Gasteiger partial charge is 0.261 e. The summed E-state index contributed by atoms with van der Waals surface area (Å²) in [6.45, 7) is 2.00. The fourth-order valence-corrected chi connectivity index (χ4v) is 4.72. The Kier molecular flexibility index (Phi) is 4.65. The monoisotopic (exact) mass is 450 g/mol. The molecule has 3 N–H and O–H groups in total. The minimum Gasteiger partial charge on any atom is -0.355 e. The molecule has 0 fully saturated rings. The van der Waals surface area contributed by atoms with Crippen LogP contribution in [0, 0.1) is 6.92 Å². The average Bonchev–Trinajstić information content (AvgIpc) is 3.41. The van der Waals surface area contributed by atoms with E-state index >= 15 is 0 Å². The number of amides is 2. The molecule has 2 amide bonds. The zero-order chi connectivity index (χ0) is 22.7. The highest BCUT2D eigenvalue weighted by molar-refractivity contribution is 6.30. The van der Waals surface area contributed by atoms with Gasteiger partial charge in [-0.3, -0.25) is 19.5 Å². The molecule has 2 aromatic carbocycles. The van der Waals surface area contributed by atoms with Crippen molar-refractivity contribution in [3.8, 4) is 0 Å². The molecule has 0 radical (unpaired) electrons. The van der Waals surface area contributed by atoms with Gasteiger partial charge < -0.3 is 15.3 Å². The summed E-state index contributed by atoms with van der Waals surface area (Å²) in [6.07, 6.45) is 1.72. The van der Waals surface area contributed by atoms with Gasteiger partial charge >= 0.3 is 0 Å². The number of benzene rings is 2. The molecular weight excluding hydrogens is 428 g/mol. The molecule has 1 unspecified atom stereocenters. The first-order valence-electron chi connectivity index (χ1n) is 10.2. The molecule has 0 spiro atoms. The van der Waals surface area contributed by atoms with E-state index in [1.54, 1.807) is 18.1 Å². The third-order valence-corrected chi connectivity index (χ3v) is 6.38. The lowest BCUT2D eigenvalue weighted by Crippen LogP contribution is -2.32. The molecular formula is C23H23ClN6O2. The van der Waals surface area contributed by atoms with E-state index in [9.17, 15) is 9.59 Å². The third-order valence-electron chi connectivity index (χ3n) is 6.12. The minimum absolute atomic E-state index is 0.208. The third kappa shape index (κ3) is 2.87. The highest BCUT2D eigenvalue weighted by atomic mass is 35.5. The fraction of sp³-hybridized carbons (Fsp3) is 0.217. The number of carbonyl (C=O) groups is 2. The lowest BCUT2D eigenvalue weighted by atomic mass is 10.0. The first-order valence-corrected chi connectivity index (χ1v) is 10.6. The van der Waals surface area contributed by atoms with Crippen LogP contribution in [0.5, 0.6) is 0 Å². The van der Waals surface area contributed by atoms with E-state index in [1.165, 1.54) is 0 Å². The Morgan fingerprint density at radius 2 is 1.88 bits per heavy atom. The van der Waals surface area contributed by atoms with Gasteiger partial charge in [-0.1, -0.05) is 23.7 Å². The van der Waals surface area contributed by atoms with Crippen LogP contribution in [0.25, 0.3) is 0 Å². The quantitative estimate of drug-likeness (QED) is 0.570. The van der Waals surface area contributed by atoms with Crippen LogP contribution in [0.15, 0.2) is 42.6 Å². The van der Waals surface area contributed by atoms with Crippen molar-refractivity contribution in [1.29, 1.82) is 0 Å². The Morgan fingerprint density at radius 3 is 2.56 bits per heavy atom. The number of hydrazine groups is 2. The van der Waals surface area contributed by atoms with Crippen LogP contribution in [0.1, 0.15) is 43.6 Å². The van der Waals surface area contributed by atoms with E-state index in [0.29, 0.717) is 16.1 Å². The van der Waals surface area contributed by atoms with E-state index in [2.05, 4.69) is 16.3 Å². The van der Waals surface area contributed by atoms with Gasteiger partial charge in [0, 0.05) is 38.0 Å². The molecule has 5 rings (SSSR count). The highest BCUT2D eigenvalue weighted by Gasteiger charge is 2.44. The number of fused-ring (bicyclic) bond motifs is 2. The van der Waals surface area contributed by atoms with E-state index in [0.717, 1.165) is 33.9 Å². The van der Waals surface area contributed by atoms with Crippen molar-refractivity contribution in [1.82, 2.24) is 15.4 Å². The number of hydrogen-bond donors (Lipinski definition) is 3. The van der Waals surface area contributed by atoms with Crippen molar-refractivity contribution in [2.24, 2.45) is 7.05 Å². The summed E-state index contributed by atoms with van der Waals surface area (Å²) < 4.78 is 1.87. The van der Waals surface area contributed by atoms with Gasteiger partial charge in [0.05, 0.1) is 28.2 Å². The SMILES string of the molecule is CNC(=O)c1cn(C)c2c1C(=O)N(c1cc(C)c3c(c1)N(C)NN3)C2c1ccc(Cl)cc1. The van der Waals surface area contributed by atoms with Crippen molar-refractivity contribution in [3.63, 3.8) is 0 Å². The summed E-state index contributed by atoms with van der Waals surface area (Å²) in [5, 5.41) is 5.13. The van der Waals surface area contributed by atoms with Gasteiger partial charge in [-0.15, -0.1) is 5.53 Å². The zero-order valence-corrected chi connectivity index (χ0v) is 18.9. The average molecular weight is 451 g/mol. The number of halogens is 1. The molecule has 0 saturated carbocycles.